The lowest BCUT2D eigenvalue weighted by atomic mass is 10.3. The molecule has 0 amide bonds. The zero-order chi connectivity index (χ0) is 12.0. The van der Waals surface area contributed by atoms with E-state index >= 15 is 0 Å². The van der Waals surface area contributed by atoms with Crippen LogP contribution in [-0.2, 0) is 0 Å². The van der Waals surface area contributed by atoms with E-state index in [2.05, 4.69) is 34.7 Å². The number of aromatic nitrogens is 2. The van der Waals surface area contributed by atoms with Gasteiger partial charge in [0.15, 0.2) is 5.65 Å². The number of imidazole rings is 1. The molecule has 0 radical (unpaired) electrons. The first kappa shape index (κ1) is 10.4. The van der Waals surface area contributed by atoms with Gasteiger partial charge < -0.3 is 5.73 Å². The quantitative estimate of drug-likeness (QED) is 0.713. The fourth-order valence-electron chi connectivity index (χ4n) is 2.13. The van der Waals surface area contributed by atoms with E-state index in [0.29, 0.717) is 0 Å². The molecule has 3 rings (SSSR count). The monoisotopic (exact) mass is 243 g/mol. The van der Waals surface area contributed by atoms with Gasteiger partial charge in [-0.3, -0.25) is 4.40 Å². The Hall–Kier alpha value is -1.81. The Bertz CT molecular complexity index is 680. The normalized spacial score (nSPS) is 11.2. The lowest BCUT2D eigenvalue weighted by Gasteiger charge is -2.03. The van der Waals surface area contributed by atoms with Crippen molar-refractivity contribution in [2.45, 2.75) is 13.8 Å². The highest BCUT2D eigenvalue weighted by molar-refractivity contribution is 7.13. The van der Waals surface area contributed by atoms with Crippen LogP contribution >= 0.6 is 11.3 Å². The average molecular weight is 243 g/mol. The number of hydrogen-bond acceptors (Lipinski definition) is 3. The lowest BCUT2D eigenvalue weighted by Crippen LogP contribution is -1.97. The molecule has 0 aromatic carbocycles. The Morgan fingerprint density at radius 1 is 1.24 bits per heavy atom. The minimum absolute atomic E-state index is 0.724. The molecule has 0 aliphatic rings. The molecule has 3 nitrogen and oxygen atoms in total. The molecule has 3 aromatic rings. The number of pyridine rings is 1. The molecule has 0 spiro atoms. The summed E-state index contributed by atoms with van der Waals surface area (Å²) in [6.45, 7) is 4.15. The van der Waals surface area contributed by atoms with E-state index < -0.39 is 0 Å². The minimum atomic E-state index is 0.724. The van der Waals surface area contributed by atoms with Crippen molar-refractivity contribution >= 4 is 22.7 Å². The van der Waals surface area contributed by atoms with Crippen LogP contribution in [0.2, 0.25) is 0 Å². The molecule has 3 heterocycles. The van der Waals surface area contributed by atoms with Gasteiger partial charge >= 0.3 is 0 Å². The van der Waals surface area contributed by atoms with Gasteiger partial charge in [-0.25, -0.2) is 4.98 Å². The van der Waals surface area contributed by atoms with Crippen LogP contribution in [0, 0.1) is 13.8 Å². The van der Waals surface area contributed by atoms with Crippen LogP contribution in [-0.4, -0.2) is 9.38 Å². The minimum Gasteiger partial charge on any atom is -0.396 e. The zero-order valence-electron chi connectivity index (χ0n) is 9.77. The zero-order valence-corrected chi connectivity index (χ0v) is 10.6. The summed E-state index contributed by atoms with van der Waals surface area (Å²) in [5.74, 6) is 0. The van der Waals surface area contributed by atoms with Gasteiger partial charge in [0, 0.05) is 11.4 Å². The second kappa shape index (κ2) is 3.60. The number of nitrogens with two attached hydrogens (primary N) is 1. The Morgan fingerprint density at radius 3 is 2.71 bits per heavy atom. The average Bonchev–Trinajstić information content (AvgIpc) is 2.91. The van der Waals surface area contributed by atoms with Crippen molar-refractivity contribution < 1.29 is 0 Å². The van der Waals surface area contributed by atoms with Gasteiger partial charge in [0.25, 0.3) is 0 Å². The van der Waals surface area contributed by atoms with Crippen LogP contribution in [0.3, 0.4) is 0 Å². The fourth-order valence-corrected chi connectivity index (χ4v) is 2.90. The van der Waals surface area contributed by atoms with Gasteiger partial charge in [0.2, 0.25) is 0 Å². The summed E-state index contributed by atoms with van der Waals surface area (Å²) < 4.78 is 2.12. The van der Waals surface area contributed by atoms with E-state index in [4.69, 9.17) is 5.73 Å². The van der Waals surface area contributed by atoms with E-state index in [1.165, 1.54) is 4.88 Å². The van der Waals surface area contributed by atoms with E-state index in [9.17, 15) is 0 Å². The largest absolute Gasteiger partial charge is 0.396 e. The van der Waals surface area contributed by atoms with Gasteiger partial charge in [0.05, 0.1) is 10.6 Å². The van der Waals surface area contributed by atoms with Crippen molar-refractivity contribution in [3.8, 4) is 10.6 Å². The third kappa shape index (κ3) is 1.45. The highest BCUT2D eigenvalue weighted by Crippen LogP contribution is 2.30. The molecule has 0 fully saturated rings. The van der Waals surface area contributed by atoms with Gasteiger partial charge in [-0.05, 0) is 37.4 Å². The maximum Gasteiger partial charge on any atom is 0.161 e. The fraction of sp³-hybridized carbons (Fsp3) is 0.154. The van der Waals surface area contributed by atoms with Crippen LogP contribution in [0.5, 0.6) is 0 Å². The maximum atomic E-state index is 5.98. The van der Waals surface area contributed by atoms with E-state index in [1.54, 1.807) is 11.3 Å². The number of aryl methyl sites for hydroxylation is 2. The van der Waals surface area contributed by atoms with Crippen molar-refractivity contribution in [3.05, 3.63) is 41.0 Å². The van der Waals surface area contributed by atoms with Gasteiger partial charge in [-0.1, -0.05) is 6.07 Å². The summed E-state index contributed by atoms with van der Waals surface area (Å²) in [6, 6.07) is 8.06. The number of nitrogens with zero attached hydrogens (tertiary/aromatic N) is 2. The number of thiophene rings is 1. The highest BCUT2D eigenvalue weighted by atomic mass is 32.1. The number of hydrogen-bond donors (Lipinski definition) is 1. The molecule has 0 saturated carbocycles. The third-order valence-electron chi connectivity index (χ3n) is 2.98. The van der Waals surface area contributed by atoms with Gasteiger partial charge in [0.1, 0.15) is 5.69 Å². The number of rotatable bonds is 1. The summed E-state index contributed by atoms with van der Waals surface area (Å²) in [5, 5.41) is 2.06. The molecule has 4 heteroatoms. The van der Waals surface area contributed by atoms with Crippen molar-refractivity contribution in [2.24, 2.45) is 0 Å². The molecule has 0 unspecified atom stereocenters. The van der Waals surface area contributed by atoms with E-state index in [1.807, 2.05) is 18.2 Å². The predicted octanol–water partition coefficient (Wildman–Crippen LogP) is 3.26. The smallest absolute Gasteiger partial charge is 0.161 e. The molecule has 2 N–H and O–H groups in total. The Balaban J connectivity index is 2.40. The Labute approximate surface area is 104 Å². The maximum absolute atomic E-state index is 5.98. The number of anilines is 1. The number of fused-ring (bicyclic) bond motifs is 1. The van der Waals surface area contributed by atoms with Crippen molar-refractivity contribution in [1.29, 1.82) is 0 Å². The highest BCUT2D eigenvalue weighted by Gasteiger charge is 2.13. The first-order valence-corrected chi connectivity index (χ1v) is 6.34. The lowest BCUT2D eigenvalue weighted by molar-refractivity contribution is 1.04. The number of nitrogen functional groups attached to an aromatic ring is 1. The third-order valence-corrected chi connectivity index (χ3v) is 3.85. The van der Waals surface area contributed by atoms with Crippen molar-refractivity contribution in [3.63, 3.8) is 0 Å². The van der Waals surface area contributed by atoms with Crippen LogP contribution in [0.1, 0.15) is 11.4 Å². The standard InChI is InChI=1S/C13H13N3S/c1-8-5-6-10(14)13-15-12(9(2)16(8)13)11-4-3-7-17-11/h3-7H,14H2,1-2H3. The molecule has 0 saturated heterocycles. The molecule has 3 aromatic heterocycles. The van der Waals surface area contributed by atoms with Gasteiger partial charge in [-0.15, -0.1) is 11.3 Å². The van der Waals surface area contributed by atoms with Crippen LogP contribution in [0.25, 0.3) is 16.2 Å². The molecule has 0 bridgehead atoms. The molecule has 0 aliphatic heterocycles. The van der Waals surface area contributed by atoms with Crippen molar-refractivity contribution in [2.75, 3.05) is 5.73 Å². The summed E-state index contributed by atoms with van der Waals surface area (Å²) in [4.78, 5) is 5.85. The van der Waals surface area contributed by atoms with Crippen LogP contribution in [0.15, 0.2) is 29.6 Å². The van der Waals surface area contributed by atoms with Crippen LogP contribution in [0.4, 0.5) is 5.69 Å². The first-order chi connectivity index (χ1) is 8.18. The van der Waals surface area contributed by atoms with E-state index in [-0.39, 0.29) is 0 Å². The topological polar surface area (TPSA) is 43.3 Å². The van der Waals surface area contributed by atoms with E-state index in [0.717, 1.165) is 28.4 Å². The second-order valence-electron chi connectivity index (χ2n) is 4.11. The molecular weight excluding hydrogens is 230 g/mol. The van der Waals surface area contributed by atoms with Gasteiger partial charge in [-0.2, -0.15) is 0 Å². The Kier molecular flexibility index (Phi) is 2.19. The summed E-state index contributed by atoms with van der Waals surface area (Å²) >= 11 is 1.70. The molecular formula is C13H13N3S. The van der Waals surface area contributed by atoms with Crippen LogP contribution < -0.4 is 5.73 Å². The molecule has 0 aliphatic carbocycles. The SMILES string of the molecule is Cc1ccc(N)c2nc(-c3cccs3)c(C)n12. The first-order valence-electron chi connectivity index (χ1n) is 5.46. The molecule has 0 atom stereocenters. The predicted molar refractivity (Wildman–Crippen MR) is 72.4 cm³/mol. The summed E-state index contributed by atoms with van der Waals surface area (Å²) in [5.41, 5.74) is 10.9. The summed E-state index contributed by atoms with van der Waals surface area (Å²) in [7, 11) is 0. The molecule has 86 valence electrons. The summed E-state index contributed by atoms with van der Waals surface area (Å²) in [6.07, 6.45) is 0. The van der Waals surface area contributed by atoms with Crippen molar-refractivity contribution in [1.82, 2.24) is 9.38 Å². The molecule has 17 heavy (non-hydrogen) atoms. The Morgan fingerprint density at radius 2 is 2.06 bits per heavy atom. The second-order valence-corrected chi connectivity index (χ2v) is 5.06.